The van der Waals surface area contributed by atoms with Crippen LogP contribution in [0.25, 0.3) is 11.0 Å². The molecule has 0 aliphatic heterocycles. The third-order valence-electron chi connectivity index (χ3n) is 5.07. The maximum atomic E-state index is 12.4. The van der Waals surface area contributed by atoms with Crippen molar-refractivity contribution >= 4 is 28.7 Å². The van der Waals surface area contributed by atoms with Crippen molar-refractivity contribution in [2.45, 2.75) is 81.8 Å². The standard InChI is InChI=1S/C22H30O3S/c1-3-5-6-7-12-21(22(23)24-4-2)26-16-13-14-20-18(15-16)17-10-8-9-11-19(17)25-20/h13-15,21H,3-12H2,1-2H3. The highest BCUT2D eigenvalue weighted by Gasteiger charge is 2.22. The van der Waals surface area contributed by atoms with Crippen LogP contribution in [0.2, 0.25) is 0 Å². The van der Waals surface area contributed by atoms with Crippen LogP contribution in [0.3, 0.4) is 0 Å². The summed E-state index contributed by atoms with van der Waals surface area (Å²) in [5.41, 5.74) is 2.36. The molecule has 0 amide bonds. The fourth-order valence-corrected chi connectivity index (χ4v) is 4.81. The summed E-state index contributed by atoms with van der Waals surface area (Å²) in [6.45, 7) is 4.53. The molecular formula is C22H30O3S. The molecule has 4 heteroatoms. The average molecular weight is 375 g/mol. The lowest BCUT2D eigenvalue weighted by Crippen LogP contribution is -2.20. The Hall–Kier alpha value is -1.42. The van der Waals surface area contributed by atoms with E-state index in [-0.39, 0.29) is 11.2 Å². The molecule has 3 rings (SSSR count). The summed E-state index contributed by atoms with van der Waals surface area (Å²) >= 11 is 1.65. The van der Waals surface area contributed by atoms with Crippen LogP contribution in [0.1, 0.15) is 70.1 Å². The van der Waals surface area contributed by atoms with E-state index in [1.54, 1.807) is 11.8 Å². The zero-order chi connectivity index (χ0) is 18.4. The molecule has 1 heterocycles. The fraction of sp³-hybridized carbons (Fsp3) is 0.591. The van der Waals surface area contributed by atoms with Crippen molar-refractivity contribution in [3.05, 3.63) is 29.5 Å². The molecule has 0 fully saturated rings. The van der Waals surface area contributed by atoms with E-state index in [9.17, 15) is 4.79 Å². The monoisotopic (exact) mass is 374 g/mol. The lowest BCUT2D eigenvalue weighted by atomic mass is 9.96. The average Bonchev–Trinajstić information content (AvgIpc) is 3.02. The van der Waals surface area contributed by atoms with Crippen molar-refractivity contribution in [1.82, 2.24) is 0 Å². The third-order valence-corrected chi connectivity index (χ3v) is 6.31. The summed E-state index contributed by atoms with van der Waals surface area (Å²) < 4.78 is 11.3. The molecule has 1 atom stereocenters. The van der Waals surface area contributed by atoms with Gasteiger partial charge in [-0.15, -0.1) is 11.8 Å². The van der Waals surface area contributed by atoms with Crippen LogP contribution in [0, 0.1) is 0 Å². The normalized spacial score (nSPS) is 15.0. The first kappa shape index (κ1) is 19.3. The number of fused-ring (bicyclic) bond motifs is 3. The van der Waals surface area contributed by atoms with Crippen LogP contribution in [-0.2, 0) is 22.4 Å². The number of furan rings is 1. The van der Waals surface area contributed by atoms with Gasteiger partial charge >= 0.3 is 5.97 Å². The lowest BCUT2D eigenvalue weighted by molar-refractivity contribution is -0.142. The fourth-order valence-electron chi connectivity index (χ4n) is 3.70. The molecule has 1 unspecified atom stereocenters. The highest BCUT2D eigenvalue weighted by Crippen LogP contribution is 2.36. The summed E-state index contributed by atoms with van der Waals surface area (Å²) in [5, 5.41) is 1.12. The smallest absolute Gasteiger partial charge is 0.319 e. The van der Waals surface area contributed by atoms with Crippen LogP contribution < -0.4 is 0 Å². The number of carbonyl (C=O) groups is 1. The van der Waals surface area contributed by atoms with E-state index < -0.39 is 0 Å². The van der Waals surface area contributed by atoms with Crippen molar-refractivity contribution < 1.29 is 13.9 Å². The predicted molar refractivity (Wildman–Crippen MR) is 108 cm³/mol. The van der Waals surface area contributed by atoms with Crippen LogP contribution in [0.15, 0.2) is 27.5 Å². The second-order valence-electron chi connectivity index (χ2n) is 7.08. The third kappa shape index (κ3) is 4.64. The van der Waals surface area contributed by atoms with Crippen LogP contribution in [0.4, 0.5) is 0 Å². The molecule has 0 N–H and O–H groups in total. The Morgan fingerprint density at radius 3 is 2.85 bits per heavy atom. The highest BCUT2D eigenvalue weighted by atomic mass is 32.2. The van der Waals surface area contributed by atoms with E-state index >= 15 is 0 Å². The van der Waals surface area contributed by atoms with Crippen LogP contribution in [-0.4, -0.2) is 17.8 Å². The minimum Gasteiger partial charge on any atom is -0.465 e. The molecule has 0 radical (unpaired) electrons. The van der Waals surface area contributed by atoms with Gasteiger partial charge in [0.15, 0.2) is 0 Å². The molecule has 0 spiro atoms. The van der Waals surface area contributed by atoms with E-state index in [4.69, 9.17) is 9.15 Å². The largest absolute Gasteiger partial charge is 0.465 e. The van der Waals surface area contributed by atoms with Gasteiger partial charge in [-0.1, -0.05) is 32.6 Å². The zero-order valence-electron chi connectivity index (χ0n) is 16.0. The molecule has 26 heavy (non-hydrogen) atoms. The van der Waals surface area contributed by atoms with Crippen molar-refractivity contribution in [3.63, 3.8) is 0 Å². The summed E-state index contributed by atoms with van der Waals surface area (Å²) in [5.74, 6) is 1.08. The molecule has 1 aromatic heterocycles. The Balaban J connectivity index is 1.75. The van der Waals surface area contributed by atoms with Gasteiger partial charge < -0.3 is 9.15 Å². The number of rotatable bonds is 9. The molecule has 142 valence electrons. The van der Waals surface area contributed by atoms with Gasteiger partial charge in [0, 0.05) is 22.3 Å². The first-order valence-electron chi connectivity index (χ1n) is 10.1. The Kier molecular flexibility index (Phi) is 7.07. The van der Waals surface area contributed by atoms with Crippen molar-refractivity contribution in [2.24, 2.45) is 0 Å². The van der Waals surface area contributed by atoms with Gasteiger partial charge in [-0.3, -0.25) is 4.79 Å². The van der Waals surface area contributed by atoms with Crippen molar-refractivity contribution in [2.75, 3.05) is 6.61 Å². The molecule has 2 aromatic rings. The maximum absolute atomic E-state index is 12.4. The van der Waals surface area contributed by atoms with Crippen LogP contribution >= 0.6 is 11.8 Å². The topological polar surface area (TPSA) is 39.4 Å². The molecule has 3 nitrogen and oxygen atoms in total. The van der Waals surface area contributed by atoms with Gasteiger partial charge in [-0.05, 0) is 50.8 Å². The molecular weight excluding hydrogens is 344 g/mol. The predicted octanol–water partition coefficient (Wildman–Crippen LogP) is 6.31. The number of aryl methyl sites for hydroxylation is 2. The lowest BCUT2D eigenvalue weighted by Gasteiger charge is -2.15. The number of unbranched alkanes of at least 4 members (excludes halogenated alkanes) is 3. The van der Waals surface area contributed by atoms with Gasteiger partial charge in [0.05, 0.1) is 6.61 Å². The zero-order valence-corrected chi connectivity index (χ0v) is 16.8. The Morgan fingerprint density at radius 2 is 2.04 bits per heavy atom. The molecule has 1 aliphatic rings. The van der Waals surface area contributed by atoms with E-state index in [2.05, 4.69) is 25.1 Å². The first-order chi connectivity index (χ1) is 12.7. The van der Waals surface area contributed by atoms with E-state index in [0.717, 1.165) is 41.9 Å². The second-order valence-corrected chi connectivity index (χ2v) is 8.35. The number of carbonyl (C=O) groups excluding carboxylic acids is 1. The quantitative estimate of drug-likeness (QED) is 0.293. The van der Waals surface area contributed by atoms with Gasteiger partial charge in [-0.25, -0.2) is 0 Å². The number of thioether (sulfide) groups is 1. The van der Waals surface area contributed by atoms with Gasteiger partial charge in [0.25, 0.3) is 0 Å². The Morgan fingerprint density at radius 1 is 1.19 bits per heavy atom. The Bertz CT molecular complexity index is 734. The van der Waals surface area contributed by atoms with Crippen molar-refractivity contribution in [1.29, 1.82) is 0 Å². The summed E-state index contributed by atoms with van der Waals surface area (Å²) in [7, 11) is 0. The van der Waals surface area contributed by atoms with Crippen LogP contribution in [0.5, 0.6) is 0 Å². The second kappa shape index (κ2) is 9.50. The number of hydrogen-bond acceptors (Lipinski definition) is 4. The van der Waals surface area contributed by atoms with E-state index in [1.807, 2.05) is 6.92 Å². The number of benzene rings is 1. The molecule has 0 saturated carbocycles. The van der Waals surface area contributed by atoms with E-state index in [1.165, 1.54) is 43.1 Å². The maximum Gasteiger partial charge on any atom is 0.319 e. The minimum absolute atomic E-state index is 0.0803. The highest BCUT2D eigenvalue weighted by molar-refractivity contribution is 8.00. The minimum atomic E-state index is -0.119. The van der Waals surface area contributed by atoms with E-state index in [0.29, 0.717) is 6.61 Å². The molecule has 1 aliphatic carbocycles. The number of ether oxygens (including phenoxy) is 1. The Labute approximate surface area is 160 Å². The summed E-state index contributed by atoms with van der Waals surface area (Å²) in [6.07, 6.45) is 10.2. The molecule has 0 bridgehead atoms. The number of hydrogen-bond donors (Lipinski definition) is 0. The number of esters is 1. The first-order valence-corrected chi connectivity index (χ1v) is 11.0. The van der Waals surface area contributed by atoms with Gasteiger partial charge in [0.2, 0.25) is 0 Å². The van der Waals surface area contributed by atoms with Crippen molar-refractivity contribution in [3.8, 4) is 0 Å². The van der Waals surface area contributed by atoms with Gasteiger partial charge in [0.1, 0.15) is 16.6 Å². The van der Waals surface area contributed by atoms with Gasteiger partial charge in [-0.2, -0.15) is 0 Å². The summed E-state index contributed by atoms with van der Waals surface area (Å²) in [4.78, 5) is 13.5. The summed E-state index contributed by atoms with van der Waals surface area (Å²) in [6, 6.07) is 6.36. The molecule has 1 aromatic carbocycles. The SMILES string of the molecule is CCCCCCC(Sc1ccc2oc3c(c2c1)CCCC3)C(=O)OCC. The molecule has 0 saturated heterocycles.